The van der Waals surface area contributed by atoms with Gasteiger partial charge >= 0.3 is 0 Å². The van der Waals surface area contributed by atoms with Gasteiger partial charge in [0.1, 0.15) is 12.7 Å². The Hall–Kier alpha value is -2.49. The number of hydrogen-bond acceptors (Lipinski definition) is 3. The van der Waals surface area contributed by atoms with Gasteiger partial charge in [0.25, 0.3) is 0 Å². The topological polar surface area (TPSA) is 43.1 Å². The van der Waals surface area contributed by atoms with Crippen LogP contribution in [0.15, 0.2) is 60.2 Å². The van der Waals surface area contributed by atoms with Crippen LogP contribution >= 0.6 is 0 Å². The van der Waals surface area contributed by atoms with E-state index in [1.54, 1.807) is 17.3 Å². The van der Waals surface area contributed by atoms with Crippen molar-refractivity contribution in [3.8, 4) is 0 Å². The molecule has 0 aliphatic rings. The number of rotatable bonds is 2. The molecular weight excluding hydrogens is 224 g/mol. The molecule has 18 heavy (non-hydrogen) atoms. The van der Waals surface area contributed by atoms with E-state index in [1.165, 1.54) is 10.8 Å². The van der Waals surface area contributed by atoms with Crippen molar-refractivity contribution in [2.24, 2.45) is 5.10 Å². The molecule has 0 aliphatic carbocycles. The quantitative estimate of drug-likeness (QED) is 0.642. The lowest BCUT2D eigenvalue weighted by Gasteiger charge is -2.05. The minimum atomic E-state index is 0.937. The summed E-state index contributed by atoms with van der Waals surface area (Å²) >= 11 is 0. The standard InChI is InChI=1S/C14H12N4/c1-11(17-18-9-15-16-10-18)13-8-4-6-12-5-2-3-7-14(12)13/h2-10H,1H3/b17-11+. The smallest absolute Gasteiger partial charge is 0.141 e. The van der Waals surface area contributed by atoms with E-state index in [1.807, 2.05) is 25.1 Å². The molecule has 0 aliphatic heterocycles. The molecule has 0 saturated heterocycles. The fraction of sp³-hybridized carbons (Fsp3) is 0.0714. The van der Waals surface area contributed by atoms with Gasteiger partial charge in [-0.05, 0) is 17.7 Å². The van der Waals surface area contributed by atoms with Crippen LogP contribution in [0.25, 0.3) is 10.8 Å². The van der Waals surface area contributed by atoms with E-state index in [9.17, 15) is 0 Å². The zero-order valence-corrected chi connectivity index (χ0v) is 9.99. The average Bonchev–Trinajstić information content (AvgIpc) is 2.91. The molecule has 0 saturated carbocycles. The Morgan fingerprint density at radius 1 is 1.00 bits per heavy atom. The Morgan fingerprint density at radius 2 is 1.72 bits per heavy atom. The summed E-state index contributed by atoms with van der Waals surface area (Å²) in [6.45, 7) is 1.99. The molecule has 1 aromatic heterocycles. The minimum Gasteiger partial charge on any atom is -0.207 e. The predicted octanol–water partition coefficient (Wildman–Crippen LogP) is 2.70. The Kier molecular flexibility index (Phi) is 2.61. The van der Waals surface area contributed by atoms with Crippen LogP contribution < -0.4 is 0 Å². The monoisotopic (exact) mass is 236 g/mol. The van der Waals surface area contributed by atoms with E-state index >= 15 is 0 Å². The van der Waals surface area contributed by atoms with Crippen LogP contribution in [0.4, 0.5) is 0 Å². The predicted molar refractivity (Wildman–Crippen MR) is 71.6 cm³/mol. The van der Waals surface area contributed by atoms with Crippen LogP contribution in [-0.4, -0.2) is 20.6 Å². The summed E-state index contributed by atoms with van der Waals surface area (Å²) in [7, 11) is 0. The van der Waals surface area contributed by atoms with E-state index in [4.69, 9.17) is 0 Å². The number of fused-ring (bicyclic) bond motifs is 1. The third-order valence-corrected chi connectivity index (χ3v) is 2.85. The summed E-state index contributed by atoms with van der Waals surface area (Å²) in [6, 6.07) is 14.5. The molecule has 0 spiro atoms. The van der Waals surface area contributed by atoms with Gasteiger partial charge in [0.15, 0.2) is 0 Å². The summed E-state index contributed by atoms with van der Waals surface area (Å²) < 4.78 is 1.61. The van der Waals surface area contributed by atoms with Gasteiger partial charge in [0.2, 0.25) is 0 Å². The zero-order valence-electron chi connectivity index (χ0n) is 9.99. The van der Waals surface area contributed by atoms with E-state index in [-0.39, 0.29) is 0 Å². The summed E-state index contributed by atoms with van der Waals surface area (Å²) in [4.78, 5) is 0. The Morgan fingerprint density at radius 3 is 2.56 bits per heavy atom. The van der Waals surface area contributed by atoms with Crippen LogP contribution in [0.3, 0.4) is 0 Å². The first kappa shape index (κ1) is 10.7. The van der Waals surface area contributed by atoms with Gasteiger partial charge < -0.3 is 0 Å². The number of hydrogen-bond donors (Lipinski definition) is 0. The lowest BCUT2D eigenvalue weighted by molar-refractivity contribution is 0.871. The normalized spacial score (nSPS) is 11.9. The van der Waals surface area contributed by atoms with Crippen LogP contribution in [0, 0.1) is 0 Å². The summed E-state index contributed by atoms with van der Waals surface area (Å²) in [5.74, 6) is 0. The Balaban J connectivity index is 2.14. The van der Waals surface area contributed by atoms with Crippen LogP contribution in [0.2, 0.25) is 0 Å². The lowest BCUT2D eigenvalue weighted by Crippen LogP contribution is -1.99. The third-order valence-electron chi connectivity index (χ3n) is 2.85. The van der Waals surface area contributed by atoms with Crippen LogP contribution in [0.1, 0.15) is 12.5 Å². The highest BCUT2D eigenvalue weighted by Crippen LogP contribution is 2.19. The molecule has 2 aromatic carbocycles. The second-order valence-corrected chi connectivity index (χ2v) is 4.05. The fourth-order valence-corrected chi connectivity index (χ4v) is 2.01. The number of benzene rings is 2. The fourth-order valence-electron chi connectivity index (χ4n) is 2.01. The van der Waals surface area contributed by atoms with E-state index < -0.39 is 0 Å². The maximum Gasteiger partial charge on any atom is 0.141 e. The van der Waals surface area contributed by atoms with Gasteiger partial charge in [0, 0.05) is 5.56 Å². The molecule has 88 valence electrons. The second kappa shape index (κ2) is 4.41. The van der Waals surface area contributed by atoms with Crippen molar-refractivity contribution in [3.05, 3.63) is 60.7 Å². The molecule has 0 amide bonds. The van der Waals surface area contributed by atoms with Crippen molar-refractivity contribution in [2.75, 3.05) is 0 Å². The number of nitrogens with zero attached hydrogens (tertiary/aromatic N) is 4. The van der Waals surface area contributed by atoms with E-state index in [0.29, 0.717) is 0 Å². The highest BCUT2D eigenvalue weighted by atomic mass is 15.4. The Labute approximate surface area is 105 Å². The highest BCUT2D eigenvalue weighted by Gasteiger charge is 2.03. The Bertz CT molecular complexity index is 693. The zero-order chi connectivity index (χ0) is 12.4. The molecule has 4 nitrogen and oxygen atoms in total. The summed E-state index contributed by atoms with van der Waals surface area (Å²) in [5, 5.41) is 14.3. The molecule has 3 rings (SSSR count). The maximum atomic E-state index is 4.45. The molecule has 0 atom stereocenters. The molecule has 1 heterocycles. The maximum absolute atomic E-state index is 4.45. The van der Waals surface area contributed by atoms with Crippen molar-refractivity contribution in [3.63, 3.8) is 0 Å². The number of aromatic nitrogens is 3. The molecule has 0 N–H and O–H groups in total. The van der Waals surface area contributed by atoms with Gasteiger partial charge in [-0.1, -0.05) is 42.5 Å². The van der Waals surface area contributed by atoms with Gasteiger partial charge in [0.05, 0.1) is 5.71 Å². The van der Waals surface area contributed by atoms with E-state index in [2.05, 4.69) is 39.6 Å². The second-order valence-electron chi connectivity index (χ2n) is 4.05. The van der Waals surface area contributed by atoms with Crippen LogP contribution in [0.5, 0.6) is 0 Å². The van der Waals surface area contributed by atoms with Crippen molar-refractivity contribution in [1.29, 1.82) is 0 Å². The molecule has 0 unspecified atom stereocenters. The molecular formula is C14H12N4. The minimum absolute atomic E-state index is 0.937. The van der Waals surface area contributed by atoms with Crippen molar-refractivity contribution in [1.82, 2.24) is 14.9 Å². The van der Waals surface area contributed by atoms with Crippen molar-refractivity contribution in [2.45, 2.75) is 6.92 Å². The van der Waals surface area contributed by atoms with Crippen LogP contribution in [-0.2, 0) is 0 Å². The molecule has 0 radical (unpaired) electrons. The molecule has 3 aromatic rings. The average molecular weight is 236 g/mol. The van der Waals surface area contributed by atoms with Gasteiger partial charge in [-0.25, -0.2) is 4.68 Å². The first-order valence-electron chi connectivity index (χ1n) is 5.73. The largest absolute Gasteiger partial charge is 0.207 e. The van der Waals surface area contributed by atoms with Gasteiger partial charge in [-0.15, -0.1) is 10.2 Å². The lowest BCUT2D eigenvalue weighted by atomic mass is 10.0. The first-order valence-corrected chi connectivity index (χ1v) is 5.73. The summed E-state index contributed by atoms with van der Waals surface area (Å²) in [5.41, 5.74) is 2.06. The first-order chi connectivity index (χ1) is 8.84. The van der Waals surface area contributed by atoms with Crippen molar-refractivity contribution >= 4 is 16.5 Å². The van der Waals surface area contributed by atoms with Gasteiger partial charge in [-0.3, -0.25) is 0 Å². The highest BCUT2D eigenvalue weighted by molar-refractivity contribution is 6.09. The molecule has 4 heteroatoms. The van der Waals surface area contributed by atoms with Gasteiger partial charge in [-0.2, -0.15) is 5.10 Å². The van der Waals surface area contributed by atoms with E-state index in [0.717, 1.165) is 11.3 Å². The third kappa shape index (κ3) is 1.88. The summed E-state index contributed by atoms with van der Waals surface area (Å²) in [6.07, 6.45) is 3.16. The molecule has 0 fully saturated rings. The molecule has 0 bridgehead atoms. The van der Waals surface area contributed by atoms with Crippen molar-refractivity contribution < 1.29 is 0 Å². The SMILES string of the molecule is C/C(=N\n1cnnc1)c1cccc2ccccc12.